The van der Waals surface area contributed by atoms with E-state index in [9.17, 15) is 16.8 Å². The van der Waals surface area contributed by atoms with E-state index >= 15 is 0 Å². The van der Waals surface area contributed by atoms with Gasteiger partial charge in [0.05, 0.1) is 35.5 Å². The number of benzene rings is 2. The summed E-state index contributed by atoms with van der Waals surface area (Å²) in [6, 6.07) is 12.3. The number of anilines is 2. The second-order valence-corrected chi connectivity index (χ2v) is 17.3. The molecule has 6 nitrogen and oxygen atoms in total. The van der Waals surface area contributed by atoms with E-state index in [0.29, 0.717) is 0 Å². The van der Waals surface area contributed by atoms with Crippen LogP contribution < -0.4 is 8.61 Å². The third-order valence-corrected chi connectivity index (χ3v) is 11.5. The molecule has 0 aromatic heterocycles. The predicted octanol–water partition coefficient (Wildman–Crippen LogP) is 5.07. The molecule has 2 aliphatic heterocycles. The maximum Gasteiger partial charge on any atom is 0.232 e. The normalized spacial score (nSPS) is 25.8. The lowest BCUT2D eigenvalue weighted by Gasteiger charge is -2.34. The van der Waals surface area contributed by atoms with E-state index in [1.54, 1.807) is 8.61 Å². The molecule has 3 unspecified atom stereocenters. The van der Waals surface area contributed by atoms with Crippen LogP contribution in [0.15, 0.2) is 36.4 Å². The van der Waals surface area contributed by atoms with Crippen molar-refractivity contribution in [2.45, 2.75) is 88.6 Å². The second-order valence-electron chi connectivity index (χ2n) is 13.6. The molecular weight excluding hydrogens is 504 g/mol. The molecule has 2 saturated carbocycles. The summed E-state index contributed by atoms with van der Waals surface area (Å²) in [6.45, 7) is 10.8. The minimum atomic E-state index is -3.46. The fourth-order valence-electron chi connectivity index (χ4n) is 7.48. The molecular formula is C29H38N2O4S2. The Hall–Kier alpha value is -2.06. The van der Waals surface area contributed by atoms with Gasteiger partial charge in [0.2, 0.25) is 20.0 Å². The molecule has 1 spiro atoms. The van der Waals surface area contributed by atoms with Crippen molar-refractivity contribution in [1.29, 1.82) is 0 Å². The third-order valence-electron chi connectivity index (χ3n) is 9.12. The van der Waals surface area contributed by atoms with Crippen LogP contribution in [-0.4, -0.2) is 40.9 Å². The van der Waals surface area contributed by atoms with Gasteiger partial charge in [-0.3, -0.25) is 8.61 Å². The first-order valence-electron chi connectivity index (χ1n) is 13.2. The molecule has 2 aliphatic carbocycles. The molecule has 8 heteroatoms. The molecule has 0 bridgehead atoms. The number of sulfonamides is 2. The highest BCUT2D eigenvalue weighted by Crippen LogP contribution is 2.66. The van der Waals surface area contributed by atoms with Crippen LogP contribution in [0.5, 0.6) is 0 Å². The maximum atomic E-state index is 13.1. The zero-order chi connectivity index (χ0) is 26.9. The Bertz CT molecular complexity index is 1530. The number of rotatable bonds is 5. The van der Waals surface area contributed by atoms with E-state index in [1.165, 1.54) is 12.5 Å². The summed E-state index contributed by atoms with van der Waals surface area (Å²) in [5.41, 5.74) is 5.34. The summed E-state index contributed by atoms with van der Waals surface area (Å²) in [6.07, 6.45) is 6.01. The Morgan fingerprint density at radius 2 is 1.49 bits per heavy atom. The van der Waals surface area contributed by atoms with Crippen LogP contribution in [0.1, 0.15) is 82.1 Å². The highest BCUT2D eigenvalue weighted by Gasteiger charge is 2.64. The number of para-hydroxylation sites is 2. The molecule has 0 radical (unpaired) electrons. The number of hydrogen-bond acceptors (Lipinski definition) is 4. The minimum absolute atomic E-state index is 0.0784. The van der Waals surface area contributed by atoms with Gasteiger partial charge in [-0.1, -0.05) is 71.0 Å². The summed E-state index contributed by atoms with van der Waals surface area (Å²) in [4.78, 5) is 0. The standard InChI is InChI=1S/C29H38N2O4S2/c1-27(2,3)21-12-9-11-19-23-20(26(23)30(25(19)21)36(6,32)33)17-28(4,5)22-13-8-10-18-16-29(14-15-29)31(24(18)22)37(7,34)35/h8-13,20,23,26H,14-17H2,1-7H3. The van der Waals surface area contributed by atoms with Gasteiger partial charge in [-0.2, -0.15) is 0 Å². The number of nitrogens with zero attached hydrogens (tertiary/aromatic N) is 2. The van der Waals surface area contributed by atoms with Gasteiger partial charge in [-0.05, 0) is 64.7 Å². The molecule has 200 valence electrons. The summed E-state index contributed by atoms with van der Waals surface area (Å²) in [7, 11) is -6.87. The van der Waals surface area contributed by atoms with Crippen LogP contribution in [0.25, 0.3) is 0 Å². The number of hydrogen-bond donors (Lipinski definition) is 0. The van der Waals surface area contributed by atoms with Crippen LogP contribution >= 0.6 is 0 Å². The van der Waals surface area contributed by atoms with Crippen molar-refractivity contribution in [1.82, 2.24) is 0 Å². The lowest BCUT2D eigenvalue weighted by atomic mass is 9.77. The molecule has 2 aromatic carbocycles. The van der Waals surface area contributed by atoms with Crippen molar-refractivity contribution in [2.24, 2.45) is 5.92 Å². The minimum Gasteiger partial charge on any atom is -0.266 e. The Labute approximate surface area is 222 Å². The SMILES string of the molecule is CC(C)(C)c1cccc2c1N(S(C)(=O)=O)C1C(CC(C)(C)c3cccc4c3N(S(C)(=O)=O)C3(CC3)C4)C21. The third kappa shape index (κ3) is 3.68. The lowest BCUT2D eigenvalue weighted by Crippen LogP contribution is -2.40. The maximum absolute atomic E-state index is 13.1. The fraction of sp³-hybridized carbons (Fsp3) is 0.586. The Morgan fingerprint density at radius 3 is 2.05 bits per heavy atom. The molecule has 0 amide bonds. The summed E-state index contributed by atoms with van der Waals surface area (Å²) < 4.78 is 55.6. The largest absolute Gasteiger partial charge is 0.266 e. The smallest absolute Gasteiger partial charge is 0.232 e. The molecule has 0 saturated heterocycles. The van der Waals surface area contributed by atoms with E-state index in [0.717, 1.165) is 59.3 Å². The van der Waals surface area contributed by atoms with Crippen LogP contribution in [0.2, 0.25) is 0 Å². The quantitative estimate of drug-likeness (QED) is 0.529. The summed E-state index contributed by atoms with van der Waals surface area (Å²) in [5.74, 6) is 0.357. The van der Waals surface area contributed by atoms with E-state index in [1.807, 2.05) is 0 Å². The van der Waals surface area contributed by atoms with Gasteiger partial charge in [-0.15, -0.1) is 0 Å². The first kappa shape index (κ1) is 25.2. The molecule has 37 heavy (non-hydrogen) atoms. The zero-order valence-electron chi connectivity index (χ0n) is 22.9. The monoisotopic (exact) mass is 542 g/mol. The van der Waals surface area contributed by atoms with Crippen LogP contribution in [0.4, 0.5) is 11.4 Å². The molecule has 6 rings (SSSR count). The van der Waals surface area contributed by atoms with Crippen LogP contribution in [-0.2, 0) is 37.3 Å². The molecule has 2 aromatic rings. The van der Waals surface area contributed by atoms with Crippen molar-refractivity contribution in [2.75, 3.05) is 21.1 Å². The van der Waals surface area contributed by atoms with E-state index in [4.69, 9.17) is 0 Å². The first-order valence-corrected chi connectivity index (χ1v) is 16.9. The topological polar surface area (TPSA) is 74.8 Å². The average molecular weight is 543 g/mol. The van der Waals surface area contributed by atoms with Crippen molar-refractivity contribution in [3.05, 3.63) is 58.7 Å². The van der Waals surface area contributed by atoms with Crippen molar-refractivity contribution in [3.63, 3.8) is 0 Å². The van der Waals surface area contributed by atoms with Gasteiger partial charge >= 0.3 is 0 Å². The van der Waals surface area contributed by atoms with Crippen LogP contribution in [0.3, 0.4) is 0 Å². The molecule has 2 heterocycles. The van der Waals surface area contributed by atoms with Crippen molar-refractivity contribution in [3.8, 4) is 0 Å². The van der Waals surface area contributed by atoms with E-state index in [2.05, 4.69) is 71.0 Å². The highest BCUT2D eigenvalue weighted by molar-refractivity contribution is 7.92. The summed E-state index contributed by atoms with van der Waals surface area (Å²) in [5, 5.41) is 0. The Kier molecular flexibility index (Phi) is 4.99. The van der Waals surface area contributed by atoms with E-state index in [-0.39, 0.29) is 34.2 Å². The molecule has 3 atom stereocenters. The first-order chi connectivity index (χ1) is 17.0. The van der Waals surface area contributed by atoms with Crippen molar-refractivity contribution >= 4 is 31.4 Å². The molecule has 4 aliphatic rings. The fourth-order valence-corrected chi connectivity index (χ4v) is 10.2. The zero-order valence-corrected chi connectivity index (χ0v) is 24.5. The Morgan fingerprint density at radius 1 is 0.865 bits per heavy atom. The lowest BCUT2D eigenvalue weighted by molar-refractivity contribution is 0.436. The van der Waals surface area contributed by atoms with Gasteiger partial charge in [0.1, 0.15) is 0 Å². The number of fused-ring (bicyclic) bond motifs is 4. The Balaban J connectivity index is 1.39. The van der Waals surface area contributed by atoms with Gasteiger partial charge < -0.3 is 0 Å². The summed E-state index contributed by atoms with van der Waals surface area (Å²) >= 11 is 0. The van der Waals surface area contributed by atoms with Gasteiger partial charge in [0.15, 0.2) is 0 Å². The van der Waals surface area contributed by atoms with Gasteiger partial charge in [0.25, 0.3) is 0 Å². The molecule has 0 N–H and O–H groups in total. The average Bonchev–Trinajstić information content (AvgIpc) is 3.55. The van der Waals surface area contributed by atoms with Gasteiger partial charge in [-0.25, -0.2) is 16.8 Å². The van der Waals surface area contributed by atoms with Gasteiger partial charge in [0, 0.05) is 5.92 Å². The molecule has 2 fully saturated rings. The highest BCUT2D eigenvalue weighted by atomic mass is 32.2. The second kappa shape index (κ2) is 7.32. The van der Waals surface area contributed by atoms with E-state index < -0.39 is 20.0 Å². The van der Waals surface area contributed by atoms with Crippen LogP contribution in [0, 0.1) is 5.92 Å². The predicted molar refractivity (Wildman–Crippen MR) is 150 cm³/mol. The van der Waals surface area contributed by atoms with Crippen molar-refractivity contribution < 1.29 is 16.8 Å².